The smallest absolute Gasteiger partial charge is 0.230 e. The van der Waals surface area contributed by atoms with Crippen molar-refractivity contribution in [2.75, 3.05) is 25.4 Å². The van der Waals surface area contributed by atoms with Gasteiger partial charge in [-0.15, -0.1) is 11.8 Å². The van der Waals surface area contributed by atoms with E-state index in [0.29, 0.717) is 18.7 Å². The van der Waals surface area contributed by atoms with Gasteiger partial charge in [-0.25, -0.2) is 0 Å². The van der Waals surface area contributed by atoms with Gasteiger partial charge in [-0.1, -0.05) is 5.16 Å². The van der Waals surface area contributed by atoms with Crippen molar-refractivity contribution in [1.29, 1.82) is 0 Å². The number of nitrogens with one attached hydrogen (secondary N) is 1. The first-order valence-electron chi connectivity index (χ1n) is 7.62. The van der Waals surface area contributed by atoms with Crippen LogP contribution < -0.4 is 5.32 Å². The lowest BCUT2D eigenvalue weighted by atomic mass is 10.2. The molecule has 2 rings (SSSR count). The number of thioether (sulfide) groups is 1. The van der Waals surface area contributed by atoms with Crippen molar-refractivity contribution >= 4 is 23.6 Å². The molecule has 1 N–H and O–H groups in total. The SMILES string of the molecule is Cc1noc(C)c1CSCC(=O)NCCCN1CCCC1=O. The highest BCUT2D eigenvalue weighted by atomic mass is 32.2. The zero-order valence-electron chi connectivity index (χ0n) is 13.2. The highest BCUT2D eigenvalue weighted by Gasteiger charge is 2.19. The van der Waals surface area contributed by atoms with Crippen LogP contribution in [0.3, 0.4) is 0 Å². The Hall–Kier alpha value is -1.50. The fourth-order valence-electron chi connectivity index (χ4n) is 2.44. The van der Waals surface area contributed by atoms with Gasteiger partial charge in [0.25, 0.3) is 0 Å². The molecule has 1 saturated heterocycles. The third-order valence-corrected chi connectivity index (χ3v) is 4.72. The van der Waals surface area contributed by atoms with Crippen LogP contribution in [0.2, 0.25) is 0 Å². The minimum atomic E-state index is 0.0320. The Labute approximate surface area is 135 Å². The number of nitrogens with zero attached hydrogens (tertiary/aromatic N) is 2. The number of carbonyl (C=O) groups excluding carboxylic acids is 2. The van der Waals surface area contributed by atoms with E-state index in [1.807, 2.05) is 18.7 Å². The predicted octanol–water partition coefficient (Wildman–Crippen LogP) is 1.65. The minimum absolute atomic E-state index is 0.0320. The molecule has 2 amide bonds. The number of rotatable bonds is 8. The Morgan fingerprint density at radius 1 is 1.45 bits per heavy atom. The van der Waals surface area contributed by atoms with Gasteiger partial charge in [0.1, 0.15) is 5.76 Å². The topological polar surface area (TPSA) is 75.4 Å². The molecule has 0 aliphatic carbocycles. The fraction of sp³-hybridized carbons (Fsp3) is 0.667. The highest BCUT2D eigenvalue weighted by molar-refractivity contribution is 7.99. The van der Waals surface area contributed by atoms with Gasteiger partial charge in [0.05, 0.1) is 11.4 Å². The van der Waals surface area contributed by atoms with Crippen molar-refractivity contribution in [2.24, 2.45) is 0 Å². The summed E-state index contributed by atoms with van der Waals surface area (Å²) in [5.74, 6) is 2.25. The van der Waals surface area contributed by atoms with Crippen LogP contribution >= 0.6 is 11.8 Å². The highest BCUT2D eigenvalue weighted by Crippen LogP contribution is 2.19. The number of hydrogen-bond acceptors (Lipinski definition) is 5. The van der Waals surface area contributed by atoms with Crippen LogP contribution in [-0.4, -0.2) is 47.3 Å². The number of likely N-dealkylation sites (tertiary alicyclic amines) is 1. The molecular weight excluding hydrogens is 302 g/mol. The molecule has 1 fully saturated rings. The van der Waals surface area contributed by atoms with Crippen LogP contribution in [0.5, 0.6) is 0 Å². The predicted molar refractivity (Wildman–Crippen MR) is 85.6 cm³/mol. The first kappa shape index (κ1) is 16.9. The quantitative estimate of drug-likeness (QED) is 0.736. The molecule has 122 valence electrons. The monoisotopic (exact) mass is 325 g/mol. The van der Waals surface area contributed by atoms with Gasteiger partial charge in [0.2, 0.25) is 11.8 Å². The molecule has 0 atom stereocenters. The lowest BCUT2D eigenvalue weighted by Gasteiger charge is -2.15. The molecule has 2 heterocycles. The van der Waals surface area contributed by atoms with Gasteiger partial charge in [0, 0.05) is 37.4 Å². The third-order valence-electron chi connectivity index (χ3n) is 3.76. The summed E-state index contributed by atoms with van der Waals surface area (Å²) in [5, 5.41) is 6.79. The van der Waals surface area contributed by atoms with Crippen molar-refractivity contribution in [2.45, 2.75) is 38.9 Å². The first-order chi connectivity index (χ1) is 10.6. The number of aromatic nitrogens is 1. The zero-order chi connectivity index (χ0) is 15.9. The Balaban J connectivity index is 1.55. The van der Waals surface area contributed by atoms with E-state index in [0.717, 1.165) is 48.7 Å². The summed E-state index contributed by atoms with van der Waals surface area (Å²) in [7, 11) is 0. The molecule has 1 aliphatic rings. The van der Waals surface area contributed by atoms with Gasteiger partial charge in [-0.05, 0) is 26.7 Å². The summed E-state index contributed by atoms with van der Waals surface area (Å²) in [6.45, 7) is 6.02. The summed E-state index contributed by atoms with van der Waals surface area (Å²) in [5.41, 5.74) is 1.96. The molecule has 1 aromatic heterocycles. The molecule has 0 saturated carbocycles. The van der Waals surface area contributed by atoms with Crippen LogP contribution in [0.25, 0.3) is 0 Å². The van der Waals surface area contributed by atoms with Crippen LogP contribution in [0, 0.1) is 13.8 Å². The molecular formula is C15H23N3O3S. The maximum absolute atomic E-state index is 11.8. The van der Waals surface area contributed by atoms with E-state index in [-0.39, 0.29) is 11.8 Å². The average Bonchev–Trinajstić information content (AvgIpc) is 3.03. The average molecular weight is 325 g/mol. The Morgan fingerprint density at radius 2 is 2.27 bits per heavy atom. The molecule has 0 unspecified atom stereocenters. The largest absolute Gasteiger partial charge is 0.361 e. The lowest BCUT2D eigenvalue weighted by molar-refractivity contribution is -0.127. The maximum Gasteiger partial charge on any atom is 0.230 e. The van der Waals surface area contributed by atoms with E-state index < -0.39 is 0 Å². The van der Waals surface area contributed by atoms with Gasteiger partial charge in [0.15, 0.2) is 0 Å². The molecule has 1 aliphatic heterocycles. The summed E-state index contributed by atoms with van der Waals surface area (Å²) in [6.07, 6.45) is 2.44. The van der Waals surface area contributed by atoms with Crippen molar-refractivity contribution in [3.05, 3.63) is 17.0 Å². The van der Waals surface area contributed by atoms with E-state index in [9.17, 15) is 9.59 Å². The van der Waals surface area contributed by atoms with E-state index in [2.05, 4.69) is 10.5 Å². The molecule has 0 bridgehead atoms. The fourth-order valence-corrected chi connectivity index (χ4v) is 3.45. The molecule has 1 aromatic rings. The molecule has 0 radical (unpaired) electrons. The van der Waals surface area contributed by atoms with Crippen LogP contribution in [-0.2, 0) is 15.3 Å². The van der Waals surface area contributed by atoms with E-state index in [1.165, 1.54) is 0 Å². The van der Waals surface area contributed by atoms with Crippen molar-refractivity contribution in [3.63, 3.8) is 0 Å². The second kappa shape index (κ2) is 8.22. The van der Waals surface area contributed by atoms with Crippen LogP contribution in [0.1, 0.15) is 36.3 Å². The zero-order valence-corrected chi connectivity index (χ0v) is 14.0. The number of amides is 2. The first-order valence-corrected chi connectivity index (χ1v) is 8.77. The second-order valence-electron chi connectivity index (χ2n) is 5.48. The number of hydrogen-bond donors (Lipinski definition) is 1. The Morgan fingerprint density at radius 3 is 2.91 bits per heavy atom. The maximum atomic E-state index is 11.8. The third kappa shape index (κ3) is 4.76. The molecule has 6 nitrogen and oxygen atoms in total. The van der Waals surface area contributed by atoms with Crippen molar-refractivity contribution in [3.8, 4) is 0 Å². The minimum Gasteiger partial charge on any atom is -0.361 e. The van der Waals surface area contributed by atoms with Crippen molar-refractivity contribution < 1.29 is 14.1 Å². The van der Waals surface area contributed by atoms with E-state index >= 15 is 0 Å². The molecule has 0 spiro atoms. The normalized spacial score (nSPS) is 14.6. The Bertz CT molecular complexity index is 511. The summed E-state index contributed by atoms with van der Waals surface area (Å²) in [4.78, 5) is 25.1. The Kier molecular flexibility index (Phi) is 6.30. The van der Waals surface area contributed by atoms with Crippen molar-refractivity contribution in [1.82, 2.24) is 15.4 Å². The number of aryl methyl sites for hydroxylation is 2. The van der Waals surface area contributed by atoms with E-state index in [4.69, 9.17) is 4.52 Å². The van der Waals surface area contributed by atoms with Crippen LogP contribution in [0.15, 0.2) is 4.52 Å². The summed E-state index contributed by atoms with van der Waals surface area (Å²) >= 11 is 1.55. The van der Waals surface area contributed by atoms with Gasteiger partial charge >= 0.3 is 0 Å². The standard InChI is InChI=1S/C15H23N3O3S/c1-11-13(12(2)21-17-11)9-22-10-14(19)16-6-4-8-18-7-3-5-15(18)20/h3-10H2,1-2H3,(H,16,19). The summed E-state index contributed by atoms with van der Waals surface area (Å²) in [6, 6.07) is 0. The van der Waals surface area contributed by atoms with Crippen LogP contribution in [0.4, 0.5) is 0 Å². The lowest BCUT2D eigenvalue weighted by Crippen LogP contribution is -2.31. The molecule has 22 heavy (non-hydrogen) atoms. The van der Waals surface area contributed by atoms with Gasteiger partial charge in [-0.3, -0.25) is 9.59 Å². The van der Waals surface area contributed by atoms with Gasteiger partial charge < -0.3 is 14.7 Å². The number of carbonyl (C=O) groups is 2. The second-order valence-corrected chi connectivity index (χ2v) is 6.47. The van der Waals surface area contributed by atoms with E-state index in [1.54, 1.807) is 11.8 Å². The summed E-state index contributed by atoms with van der Waals surface area (Å²) < 4.78 is 5.09. The molecule has 7 heteroatoms. The van der Waals surface area contributed by atoms with Gasteiger partial charge in [-0.2, -0.15) is 0 Å². The molecule has 0 aromatic carbocycles.